The molecule has 1 heterocycles. The number of ether oxygens (including phenoxy) is 3. The molecule has 0 saturated carbocycles. The highest BCUT2D eigenvalue weighted by molar-refractivity contribution is 9.09. The second kappa shape index (κ2) is 7.77. The van der Waals surface area contributed by atoms with Crippen LogP contribution in [-0.2, 0) is 9.47 Å². The van der Waals surface area contributed by atoms with Gasteiger partial charge in [-0.2, -0.15) is 0 Å². The van der Waals surface area contributed by atoms with Crippen LogP contribution in [0.15, 0.2) is 24.3 Å². The summed E-state index contributed by atoms with van der Waals surface area (Å²) in [6.07, 6.45) is 3.19. The summed E-state index contributed by atoms with van der Waals surface area (Å²) in [6.45, 7) is 2.06. The van der Waals surface area contributed by atoms with E-state index in [4.69, 9.17) is 14.2 Å². The van der Waals surface area contributed by atoms with Crippen molar-refractivity contribution < 1.29 is 14.2 Å². The van der Waals surface area contributed by atoms with Crippen LogP contribution in [0.2, 0.25) is 0 Å². The lowest BCUT2D eigenvalue weighted by Crippen LogP contribution is -2.04. The molecule has 100 valence electrons. The van der Waals surface area contributed by atoms with Crippen LogP contribution >= 0.6 is 15.9 Å². The van der Waals surface area contributed by atoms with Crippen LogP contribution in [0.1, 0.15) is 31.1 Å². The molecule has 1 aromatic carbocycles. The average molecular weight is 315 g/mol. The maximum atomic E-state index is 5.82. The molecule has 1 fully saturated rings. The molecule has 4 heteroatoms. The first-order chi connectivity index (χ1) is 8.92. The van der Waals surface area contributed by atoms with Gasteiger partial charge in [-0.05, 0) is 25.3 Å². The summed E-state index contributed by atoms with van der Waals surface area (Å²) in [5, 5.41) is 1.06. The second-order valence-corrected chi connectivity index (χ2v) is 5.00. The predicted molar refractivity (Wildman–Crippen MR) is 74.2 cm³/mol. The first kappa shape index (κ1) is 13.8. The van der Waals surface area contributed by atoms with E-state index in [-0.39, 0.29) is 6.29 Å². The molecule has 0 N–H and O–H groups in total. The van der Waals surface area contributed by atoms with Gasteiger partial charge in [-0.3, -0.25) is 0 Å². The summed E-state index contributed by atoms with van der Waals surface area (Å²) in [4.78, 5) is 0. The Morgan fingerprint density at radius 1 is 1.11 bits per heavy atom. The Hall–Kier alpha value is -0.580. The number of hydrogen-bond donors (Lipinski definition) is 0. The molecule has 3 nitrogen and oxygen atoms in total. The van der Waals surface area contributed by atoms with Crippen molar-refractivity contribution in [2.24, 2.45) is 0 Å². The third kappa shape index (κ3) is 3.97. The molecule has 0 atom stereocenters. The quantitative estimate of drug-likeness (QED) is 0.567. The lowest BCUT2D eigenvalue weighted by molar-refractivity contribution is -0.0457. The summed E-state index contributed by atoms with van der Waals surface area (Å²) in [6, 6.07) is 7.94. The van der Waals surface area contributed by atoms with Gasteiger partial charge in [0.15, 0.2) is 6.29 Å². The minimum atomic E-state index is -0.260. The van der Waals surface area contributed by atoms with E-state index in [0.29, 0.717) is 13.2 Å². The summed E-state index contributed by atoms with van der Waals surface area (Å²) < 4.78 is 16.9. The third-order valence-electron chi connectivity index (χ3n) is 2.83. The van der Waals surface area contributed by atoms with E-state index in [0.717, 1.165) is 29.7 Å². The number of hydrogen-bond acceptors (Lipinski definition) is 3. The number of benzene rings is 1. The van der Waals surface area contributed by atoms with Crippen molar-refractivity contribution in [3.63, 3.8) is 0 Å². The minimum absolute atomic E-state index is 0.260. The van der Waals surface area contributed by atoms with Gasteiger partial charge in [0.05, 0.1) is 19.8 Å². The van der Waals surface area contributed by atoms with E-state index < -0.39 is 0 Å². The molecule has 18 heavy (non-hydrogen) atoms. The van der Waals surface area contributed by atoms with Crippen molar-refractivity contribution in [2.45, 2.75) is 25.6 Å². The van der Waals surface area contributed by atoms with Gasteiger partial charge in [-0.1, -0.05) is 34.1 Å². The highest BCUT2D eigenvalue weighted by Gasteiger charge is 2.21. The monoisotopic (exact) mass is 314 g/mol. The first-order valence-corrected chi connectivity index (χ1v) is 7.55. The van der Waals surface area contributed by atoms with E-state index in [1.54, 1.807) is 0 Å². The van der Waals surface area contributed by atoms with Gasteiger partial charge in [0.2, 0.25) is 0 Å². The Morgan fingerprint density at radius 2 is 1.89 bits per heavy atom. The molecule has 0 amide bonds. The van der Waals surface area contributed by atoms with E-state index in [2.05, 4.69) is 15.9 Å². The Bertz CT molecular complexity index is 351. The first-order valence-electron chi connectivity index (χ1n) is 6.42. The number of unbranched alkanes of at least 4 members (excludes halogenated alkanes) is 2. The smallest absolute Gasteiger partial charge is 0.187 e. The van der Waals surface area contributed by atoms with Crippen LogP contribution < -0.4 is 4.74 Å². The fraction of sp³-hybridized carbons (Fsp3) is 0.571. The van der Waals surface area contributed by atoms with Gasteiger partial charge in [0, 0.05) is 10.9 Å². The summed E-state index contributed by atoms with van der Waals surface area (Å²) in [7, 11) is 0. The molecule has 0 radical (unpaired) electrons. The minimum Gasteiger partial charge on any atom is -0.493 e. The van der Waals surface area contributed by atoms with E-state index in [1.165, 1.54) is 12.8 Å². The molecule has 0 aromatic heterocycles. The van der Waals surface area contributed by atoms with Crippen LogP contribution in [0.3, 0.4) is 0 Å². The Labute approximate surface area is 117 Å². The molecule has 1 saturated heterocycles. The van der Waals surface area contributed by atoms with Crippen LogP contribution in [0, 0.1) is 0 Å². The van der Waals surface area contributed by atoms with Crippen LogP contribution in [0.4, 0.5) is 0 Å². The molecule has 0 bridgehead atoms. The molecular formula is C14H19BrO3. The lowest BCUT2D eigenvalue weighted by Gasteiger charge is -2.15. The summed E-state index contributed by atoms with van der Waals surface area (Å²) in [5.41, 5.74) is 0.996. The zero-order valence-corrected chi connectivity index (χ0v) is 12.0. The summed E-state index contributed by atoms with van der Waals surface area (Å²) >= 11 is 3.43. The molecule has 1 aliphatic heterocycles. The maximum absolute atomic E-state index is 5.82. The van der Waals surface area contributed by atoms with E-state index in [9.17, 15) is 0 Å². The molecule has 0 unspecified atom stereocenters. The van der Waals surface area contributed by atoms with Gasteiger partial charge in [-0.25, -0.2) is 0 Å². The molecule has 1 aromatic rings. The molecule has 1 aliphatic rings. The van der Waals surface area contributed by atoms with Crippen molar-refractivity contribution in [1.82, 2.24) is 0 Å². The largest absolute Gasteiger partial charge is 0.493 e. The lowest BCUT2D eigenvalue weighted by atomic mass is 10.2. The van der Waals surface area contributed by atoms with Crippen molar-refractivity contribution in [2.75, 3.05) is 25.2 Å². The topological polar surface area (TPSA) is 27.7 Å². The SMILES string of the molecule is BrCCCCCOc1ccccc1C1OCCO1. The molecule has 2 rings (SSSR count). The highest BCUT2D eigenvalue weighted by Crippen LogP contribution is 2.31. The maximum Gasteiger partial charge on any atom is 0.187 e. The van der Waals surface area contributed by atoms with Gasteiger partial charge < -0.3 is 14.2 Å². The van der Waals surface area contributed by atoms with Gasteiger partial charge in [0.25, 0.3) is 0 Å². The predicted octanol–water partition coefficient (Wildman–Crippen LogP) is 3.68. The zero-order valence-electron chi connectivity index (χ0n) is 10.4. The van der Waals surface area contributed by atoms with Crippen molar-refractivity contribution in [3.05, 3.63) is 29.8 Å². The third-order valence-corrected chi connectivity index (χ3v) is 3.39. The van der Waals surface area contributed by atoms with Crippen molar-refractivity contribution >= 4 is 15.9 Å². The number of alkyl halides is 1. The standard InChI is InChI=1S/C14H19BrO3/c15-8-4-1-5-9-16-13-7-3-2-6-12(13)14-17-10-11-18-14/h2-3,6-7,14H,1,4-5,8-11H2. The van der Waals surface area contributed by atoms with Gasteiger partial charge >= 0.3 is 0 Å². The highest BCUT2D eigenvalue weighted by atomic mass is 79.9. The zero-order chi connectivity index (χ0) is 12.6. The Morgan fingerprint density at radius 3 is 2.67 bits per heavy atom. The molecule has 0 spiro atoms. The fourth-order valence-corrected chi connectivity index (χ4v) is 2.30. The second-order valence-electron chi connectivity index (χ2n) is 4.21. The number of rotatable bonds is 7. The van der Waals surface area contributed by atoms with Crippen LogP contribution in [0.5, 0.6) is 5.75 Å². The van der Waals surface area contributed by atoms with Gasteiger partial charge in [-0.15, -0.1) is 0 Å². The van der Waals surface area contributed by atoms with E-state index >= 15 is 0 Å². The van der Waals surface area contributed by atoms with Crippen LogP contribution in [0.25, 0.3) is 0 Å². The van der Waals surface area contributed by atoms with E-state index in [1.807, 2.05) is 24.3 Å². The average Bonchev–Trinajstić information content (AvgIpc) is 2.93. The molecule has 0 aliphatic carbocycles. The normalized spacial score (nSPS) is 16.1. The molecular weight excluding hydrogens is 296 g/mol. The number of para-hydroxylation sites is 1. The summed E-state index contributed by atoms with van der Waals surface area (Å²) in [5.74, 6) is 0.878. The fourth-order valence-electron chi connectivity index (χ4n) is 1.90. The van der Waals surface area contributed by atoms with Crippen molar-refractivity contribution in [1.29, 1.82) is 0 Å². The van der Waals surface area contributed by atoms with Gasteiger partial charge in [0.1, 0.15) is 5.75 Å². The number of halogens is 1. The van der Waals surface area contributed by atoms with Crippen LogP contribution in [-0.4, -0.2) is 25.2 Å². The Kier molecular flexibility index (Phi) is 5.97. The Balaban J connectivity index is 1.86. The van der Waals surface area contributed by atoms with Crippen molar-refractivity contribution in [3.8, 4) is 5.75 Å².